The van der Waals surface area contributed by atoms with Crippen molar-refractivity contribution in [2.75, 3.05) is 13.2 Å². The molecule has 2 atom stereocenters. The first-order valence-corrected chi connectivity index (χ1v) is 11.3. The molecule has 0 aliphatic carbocycles. The fourth-order valence-electron chi connectivity index (χ4n) is 2.65. The third-order valence-electron chi connectivity index (χ3n) is 4.32. The molecule has 1 aliphatic rings. The van der Waals surface area contributed by atoms with Crippen molar-refractivity contribution in [2.24, 2.45) is 10.8 Å². The standard InChI is InChI=1S/C18H32N6O5S/c1-11(2)29-15(16-20-7-12(3)8-21-16)13(4)30(25,26)24-17(23-19)22-14-9-27-18(5,6)28-10-14/h7-8,11,13-15H,9-10,19H2,1-6H3,(H2,22,23,24)/t13-,15+/m0/s1. The minimum atomic E-state index is -3.96. The van der Waals surface area contributed by atoms with Gasteiger partial charge < -0.3 is 14.2 Å². The van der Waals surface area contributed by atoms with E-state index in [-0.39, 0.29) is 31.1 Å². The molecule has 30 heavy (non-hydrogen) atoms. The summed E-state index contributed by atoms with van der Waals surface area (Å²) >= 11 is 0. The summed E-state index contributed by atoms with van der Waals surface area (Å²) in [5.74, 6) is 4.95. The number of hydrogen-bond donors (Lipinski definition) is 3. The second kappa shape index (κ2) is 9.96. The van der Waals surface area contributed by atoms with Crippen LogP contribution in [-0.2, 0) is 24.2 Å². The molecule has 1 fully saturated rings. The van der Waals surface area contributed by atoms with Gasteiger partial charge in [0.2, 0.25) is 16.0 Å². The number of nitrogens with zero attached hydrogens (tertiary/aromatic N) is 3. The number of aliphatic imine (C=N–C) groups is 1. The van der Waals surface area contributed by atoms with Gasteiger partial charge in [0.1, 0.15) is 17.4 Å². The van der Waals surface area contributed by atoms with E-state index >= 15 is 0 Å². The molecule has 0 unspecified atom stereocenters. The van der Waals surface area contributed by atoms with Gasteiger partial charge >= 0.3 is 0 Å². The Labute approximate surface area is 177 Å². The van der Waals surface area contributed by atoms with Crippen molar-refractivity contribution in [2.45, 2.75) is 70.8 Å². The molecule has 1 saturated heterocycles. The van der Waals surface area contributed by atoms with Crippen LogP contribution in [0.2, 0.25) is 0 Å². The van der Waals surface area contributed by atoms with E-state index in [1.165, 1.54) is 6.92 Å². The summed E-state index contributed by atoms with van der Waals surface area (Å²) in [6, 6.07) is -0.412. The summed E-state index contributed by atoms with van der Waals surface area (Å²) in [4.78, 5) is 12.7. The van der Waals surface area contributed by atoms with E-state index in [1.54, 1.807) is 26.2 Å². The van der Waals surface area contributed by atoms with Crippen molar-refractivity contribution in [1.29, 1.82) is 0 Å². The number of ether oxygens (including phenoxy) is 3. The quantitative estimate of drug-likeness (QED) is 0.237. The van der Waals surface area contributed by atoms with E-state index in [0.29, 0.717) is 0 Å². The highest BCUT2D eigenvalue weighted by Gasteiger charge is 2.35. The monoisotopic (exact) mass is 444 g/mol. The molecular weight excluding hydrogens is 412 g/mol. The normalized spacial score (nSPS) is 20.1. The number of rotatable bonds is 7. The Kier molecular flexibility index (Phi) is 8.11. The first-order chi connectivity index (χ1) is 13.9. The number of hydrogen-bond acceptors (Lipinski definition) is 9. The third-order valence-corrected chi connectivity index (χ3v) is 6.03. The molecule has 0 aromatic carbocycles. The number of sulfonamides is 1. The Morgan fingerprint density at radius 3 is 2.33 bits per heavy atom. The summed E-state index contributed by atoms with van der Waals surface area (Å²) in [6.45, 7) is 11.1. The van der Waals surface area contributed by atoms with E-state index < -0.39 is 33.2 Å². The summed E-state index contributed by atoms with van der Waals surface area (Å²) in [6.07, 6.45) is 2.11. The van der Waals surface area contributed by atoms with Crippen LogP contribution in [0, 0.1) is 6.92 Å². The maximum Gasteiger partial charge on any atom is 0.240 e. The summed E-state index contributed by atoms with van der Waals surface area (Å²) < 4.78 is 45.3. The van der Waals surface area contributed by atoms with Crippen molar-refractivity contribution in [3.8, 4) is 0 Å². The lowest BCUT2D eigenvalue weighted by Gasteiger charge is -2.33. The highest BCUT2D eigenvalue weighted by Crippen LogP contribution is 2.24. The van der Waals surface area contributed by atoms with E-state index in [4.69, 9.17) is 20.1 Å². The topological polar surface area (TPSA) is 150 Å². The number of nitrogens with two attached hydrogens (primary N) is 1. The van der Waals surface area contributed by atoms with Crippen molar-refractivity contribution >= 4 is 16.0 Å². The van der Waals surface area contributed by atoms with Gasteiger partial charge in [0, 0.05) is 12.4 Å². The number of aryl methyl sites for hydroxylation is 1. The van der Waals surface area contributed by atoms with Gasteiger partial charge in [-0.25, -0.2) is 29.2 Å². The van der Waals surface area contributed by atoms with Crippen LogP contribution in [0.15, 0.2) is 17.4 Å². The molecule has 0 saturated carbocycles. The van der Waals surface area contributed by atoms with E-state index in [1.807, 2.05) is 20.8 Å². The number of hydrazine groups is 1. The van der Waals surface area contributed by atoms with Gasteiger partial charge in [-0.15, -0.1) is 0 Å². The molecule has 1 aliphatic heterocycles. The Morgan fingerprint density at radius 1 is 1.27 bits per heavy atom. The maximum absolute atomic E-state index is 13.0. The van der Waals surface area contributed by atoms with Crippen molar-refractivity contribution < 1.29 is 22.6 Å². The van der Waals surface area contributed by atoms with Crippen LogP contribution in [0.5, 0.6) is 0 Å². The molecule has 1 aromatic rings. The van der Waals surface area contributed by atoms with Gasteiger partial charge in [-0.1, -0.05) is 0 Å². The van der Waals surface area contributed by atoms with Crippen molar-refractivity contribution in [3.05, 3.63) is 23.8 Å². The van der Waals surface area contributed by atoms with Gasteiger partial charge in [-0.05, 0) is 47.1 Å². The molecule has 0 amide bonds. The molecule has 1 aromatic heterocycles. The van der Waals surface area contributed by atoms with Gasteiger partial charge in [-0.2, -0.15) is 0 Å². The van der Waals surface area contributed by atoms with E-state index in [9.17, 15) is 8.42 Å². The van der Waals surface area contributed by atoms with Crippen molar-refractivity contribution in [1.82, 2.24) is 20.1 Å². The van der Waals surface area contributed by atoms with Crippen LogP contribution in [0.4, 0.5) is 0 Å². The zero-order chi connectivity index (χ0) is 22.5. The number of aromatic nitrogens is 2. The molecule has 11 nitrogen and oxygen atoms in total. The van der Waals surface area contributed by atoms with Crippen LogP contribution in [0.1, 0.15) is 52.1 Å². The maximum atomic E-state index is 13.0. The summed E-state index contributed by atoms with van der Waals surface area (Å²) in [7, 11) is -3.96. The second-order valence-corrected chi connectivity index (χ2v) is 9.91. The molecule has 4 N–H and O–H groups in total. The highest BCUT2D eigenvalue weighted by atomic mass is 32.2. The van der Waals surface area contributed by atoms with Gasteiger partial charge in [0.25, 0.3) is 0 Å². The summed E-state index contributed by atoms with van der Waals surface area (Å²) in [5.41, 5.74) is 3.14. The lowest BCUT2D eigenvalue weighted by atomic mass is 10.2. The van der Waals surface area contributed by atoms with Gasteiger partial charge in [-0.3, -0.25) is 10.1 Å². The lowest BCUT2D eigenvalue weighted by molar-refractivity contribution is -0.249. The smallest absolute Gasteiger partial charge is 0.240 e. The zero-order valence-corrected chi connectivity index (χ0v) is 19.1. The molecule has 0 bridgehead atoms. The van der Waals surface area contributed by atoms with E-state index in [2.05, 4.69) is 25.1 Å². The zero-order valence-electron chi connectivity index (χ0n) is 18.2. The van der Waals surface area contributed by atoms with Crippen LogP contribution in [0.25, 0.3) is 0 Å². The summed E-state index contributed by atoms with van der Waals surface area (Å²) in [5, 5.41) is -1.03. The predicted octanol–water partition coefficient (Wildman–Crippen LogP) is 0.530. The van der Waals surface area contributed by atoms with Crippen LogP contribution >= 0.6 is 0 Å². The SMILES string of the molecule is Cc1cnc([C@H](OC(C)C)[C@H](C)S(=O)(=O)NC(=NC2COC(C)(C)OC2)NN)nc1. The lowest BCUT2D eigenvalue weighted by Crippen LogP contribution is -2.50. The first kappa shape index (κ1) is 24.4. The molecule has 2 heterocycles. The second-order valence-electron chi connectivity index (χ2n) is 7.87. The highest BCUT2D eigenvalue weighted by molar-refractivity contribution is 7.90. The van der Waals surface area contributed by atoms with Crippen LogP contribution in [0.3, 0.4) is 0 Å². The molecule has 0 radical (unpaired) electrons. The molecule has 2 rings (SSSR count). The molecule has 0 spiro atoms. The Morgan fingerprint density at radius 2 is 1.83 bits per heavy atom. The van der Waals surface area contributed by atoms with Gasteiger partial charge in [0.15, 0.2) is 11.6 Å². The van der Waals surface area contributed by atoms with Crippen LogP contribution < -0.4 is 16.0 Å². The predicted molar refractivity (Wildman–Crippen MR) is 112 cm³/mol. The first-order valence-electron chi connectivity index (χ1n) is 9.71. The Bertz CT molecular complexity index is 818. The average molecular weight is 445 g/mol. The number of nitrogens with one attached hydrogen (secondary N) is 2. The fraction of sp³-hybridized carbons (Fsp3) is 0.722. The Balaban J connectivity index is 2.19. The third kappa shape index (κ3) is 6.84. The van der Waals surface area contributed by atoms with Crippen molar-refractivity contribution in [3.63, 3.8) is 0 Å². The molecule has 12 heteroatoms. The molecule has 170 valence electrons. The number of guanidine groups is 1. The largest absolute Gasteiger partial charge is 0.366 e. The molecular formula is C18H32N6O5S. The van der Waals surface area contributed by atoms with Gasteiger partial charge in [0.05, 0.1) is 19.3 Å². The Hall–Kier alpha value is -1.86. The minimum Gasteiger partial charge on any atom is -0.366 e. The minimum absolute atomic E-state index is 0.119. The van der Waals surface area contributed by atoms with Crippen LogP contribution in [-0.4, -0.2) is 60.7 Å². The van der Waals surface area contributed by atoms with E-state index in [0.717, 1.165) is 5.56 Å². The fourth-order valence-corrected chi connectivity index (χ4v) is 3.73. The average Bonchev–Trinajstić information content (AvgIpc) is 2.67.